The van der Waals surface area contributed by atoms with Gasteiger partial charge in [0.05, 0.1) is 26.2 Å². The Labute approximate surface area is 137 Å². The number of thiophene rings is 1. The fourth-order valence-corrected chi connectivity index (χ4v) is 2.49. The Balaban J connectivity index is 2.14. The SMILES string of the molecule is COc1cc(C(=O)NNC(=O)c2cccs2)cc(OC)c1OC. The zero-order chi connectivity index (χ0) is 16.8. The zero-order valence-electron chi connectivity index (χ0n) is 12.8. The number of carbonyl (C=O) groups is 2. The van der Waals surface area contributed by atoms with E-state index in [0.29, 0.717) is 22.1 Å². The van der Waals surface area contributed by atoms with Gasteiger partial charge in [-0.05, 0) is 23.6 Å². The number of methoxy groups -OCH3 is 3. The van der Waals surface area contributed by atoms with Crippen LogP contribution in [-0.2, 0) is 0 Å². The average molecular weight is 336 g/mol. The Kier molecular flexibility index (Phi) is 5.42. The van der Waals surface area contributed by atoms with E-state index in [1.165, 1.54) is 44.8 Å². The van der Waals surface area contributed by atoms with Crippen molar-refractivity contribution in [1.82, 2.24) is 10.9 Å². The highest BCUT2D eigenvalue weighted by Gasteiger charge is 2.17. The number of rotatable bonds is 5. The van der Waals surface area contributed by atoms with Gasteiger partial charge >= 0.3 is 0 Å². The maximum Gasteiger partial charge on any atom is 0.279 e. The lowest BCUT2D eigenvalue weighted by atomic mass is 10.1. The molecule has 1 aromatic heterocycles. The smallest absolute Gasteiger partial charge is 0.279 e. The van der Waals surface area contributed by atoms with Crippen LogP contribution in [0.4, 0.5) is 0 Å². The van der Waals surface area contributed by atoms with Crippen LogP contribution in [-0.4, -0.2) is 33.1 Å². The first kappa shape index (κ1) is 16.6. The van der Waals surface area contributed by atoms with Crippen molar-refractivity contribution in [3.63, 3.8) is 0 Å². The molecule has 1 heterocycles. The van der Waals surface area contributed by atoms with Crippen LogP contribution in [0.5, 0.6) is 17.2 Å². The van der Waals surface area contributed by atoms with Crippen LogP contribution in [0.15, 0.2) is 29.6 Å². The monoisotopic (exact) mass is 336 g/mol. The Hall–Kier alpha value is -2.74. The summed E-state index contributed by atoms with van der Waals surface area (Å²) in [7, 11) is 4.39. The van der Waals surface area contributed by atoms with Crippen LogP contribution >= 0.6 is 11.3 Å². The molecule has 0 saturated heterocycles. The lowest BCUT2D eigenvalue weighted by Crippen LogP contribution is -2.41. The molecule has 2 amide bonds. The van der Waals surface area contributed by atoms with Crippen molar-refractivity contribution in [3.8, 4) is 17.2 Å². The molecule has 2 N–H and O–H groups in total. The number of amides is 2. The maximum atomic E-state index is 12.2. The largest absolute Gasteiger partial charge is 0.493 e. The second-order valence-corrected chi connectivity index (χ2v) is 5.25. The van der Waals surface area contributed by atoms with Crippen molar-refractivity contribution in [2.45, 2.75) is 0 Å². The van der Waals surface area contributed by atoms with Crippen LogP contribution in [0.25, 0.3) is 0 Å². The third-order valence-corrected chi connectivity index (χ3v) is 3.83. The first-order valence-corrected chi connectivity index (χ1v) is 7.42. The van der Waals surface area contributed by atoms with E-state index in [-0.39, 0.29) is 11.5 Å². The van der Waals surface area contributed by atoms with E-state index < -0.39 is 5.91 Å². The van der Waals surface area contributed by atoms with E-state index in [1.54, 1.807) is 17.5 Å². The minimum atomic E-state index is -0.505. The number of benzene rings is 1. The number of nitrogens with one attached hydrogen (secondary N) is 2. The highest BCUT2D eigenvalue weighted by Crippen LogP contribution is 2.38. The second kappa shape index (κ2) is 7.50. The van der Waals surface area contributed by atoms with E-state index in [2.05, 4.69) is 10.9 Å². The van der Waals surface area contributed by atoms with E-state index in [9.17, 15) is 9.59 Å². The molecule has 0 spiro atoms. The summed E-state index contributed by atoms with van der Waals surface area (Å²) in [6.45, 7) is 0. The summed E-state index contributed by atoms with van der Waals surface area (Å²) >= 11 is 1.28. The molecule has 0 saturated carbocycles. The van der Waals surface area contributed by atoms with Crippen molar-refractivity contribution in [3.05, 3.63) is 40.1 Å². The molecule has 0 aliphatic rings. The average Bonchev–Trinajstić information content (AvgIpc) is 3.12. The molecule has 2 aromatic rings. The summed E-state index contributed by atoms with van der Waals surface area (Å²) in [4.78, 5) is 24.5. The molecule has 0 fully saturated rings. The molecule has 0 unspecified atom stereocenters. The van der Waals surface area contributed by atoms with Gasteiger partial charge in [0.2, 0.25) is 5.75 Å². The zero-order valence-corrected chi connectivity index (χ0v) is 13.7. The number of carbonyl (C=O) groups excluding carboxylic acids is 2. The van der Waals surface area contributed by atoms with Crippen molar-refractivity contribution in [2.75, 3.05) is 21.3 Å². The Bertz CT molecular complexity index is 675. The quantitative estimate of drug-likeness (QED) is 0.814. The number of hydrogen-bond donors (Lipinski definition) is 2. The molecule has 0 radical (unpaired) electrons. The molecular formula is C15H16N2O5S. The molecule has 0 aliphatic heterocycles. The third-order valence-electron chi connectivity index (χ3n) is 2.96. The van der Waals surface area contributed by atoms with Crippen LogP contribution < -0.4 is 25.1 Å². The minimum Gasteiger partial charge on any atom is -0.493 e. The lowest BCUT2D eigenvalue weighted by molar-refractivity contribution is 0.0848. The van der Waals surface area contributed by atoms with Crippen molar-refractivity contribution in [2.24, 2.45) is 0 Å². The molecular weight excluding hydrogens is 320 g/mol. The van der Waals surface area contributed by atoms with Crippen LogP contribution in [0, 0.1) is 0 Å². The topological polar surface area (TPSA) is 85.9 Å². The van der Waals surface area contributed by atoms with Crippen molar-refractivity contribution in [1.29, 1.82) is 0 Å². The van der Waals surface area contributed by atoms with E-state index in [0.717, 1.165) is 0 Å². The van der Waals surface area contributed by atoms with Crippen molar-refractivity contribution < 1.29 is 23.8 Å². The molecule has 0 bridgehead atoms. The highest BCUT2D eigenvalue weighted by atomic mass is 32.1. The number of hydrogen-bond acceptors (Lipinski definition) is 6. The van der Waals surface area contributed by atoms with Crippen LogP contribution in [0.2, 0.25) is 0 Å². The summed E-state index contributed by atoms with van der Waals surface area (Å²) < 4.78 is 15.6. The second-order valence-electron chi connectivity index (χ2n) is 4.30. The third kappa shape index (κ3) is 3.72. The van der Waals surface area contributed by atoms with Gasteiger partial charge in [0.1, 0.15) is 0 Å². The number of ether oxygens (including phenoxy) is 3. The Morgan fingerprint density at radius 2 is 1.57 bits per heavy atom. The van der Waals surface area contributed by atoms with Gasteiger partial charge in [-0.3, -0.25) is 20.4 Å². The van der Waals surface area contributed by atoms with Crippen LogP contribution in [0.3, 0.4) is 0 Å². The van der Waals surface area contributed by atoms with Gasteiger partial charge in [0, 0.05) is 5.56 Å². The fraction of sp³-hybridized carbons (Fsp3) is 0.200. The van der Waals surface area contributed by atoms with E-state index >= 15 is 0 Å². The molecule has 2 rings (SSSR count). The predicted octanol–water partition coefficient (Wildman–Crippen LogP) is 1.85. The molecule has 23 heavy (non-hydrogen) atoms. The highest BCUT2D eigenvalue weighted by molar-refractivity contribution is 7.12. The normalized spacial score (nSPS) is 9.87. The molecule has 0 atom stereocenters. The fourth-order valence-electron chi connectivity index (χ4n) is 1.87. The first-order valence-electron chi connectivity index (χ1n) is 6.55. The first-order chi connectivity index (χ1) is 11.1. The van der Waals surface area contributed by atoms with Crippen LogP contribution in [0.1, 0.15) is 20.0 Å². The molecule has 1 aromatic carbocycles. The van der Waals surface area contributed by atoms with Gasteiger partial charge in [0.25, 0.3) is 11.8 Å². The van der Waals surface area contributed by atoms with E-state index in [4.69, 9.17) is 14.2 Å². The predicted molar refractivity (Wildman–Crippen MR) is 85.3 cm³/mol. The summed E-state index contributed by atoms with van der Waals surface area (Å²) in [5.74, 6) is 0.187. The van der Waals surface area contributed by atoms with Gasteiger partial charge in [-0.15, -0.1) is 11.3 Å². The summed E-state index contributed by atoms with van der Waals surface area (Å²) in [5.41, 5.74) is 4.94. The van der Waals surface area contributed by atoms with Gasteiger partial charge in [-0.1, -0.05) is 6.07 Å². The van der Waals surface area contributed by atoms with Gasteiger partial charge in [-0.25, -0.2) is 0 Å². The summed E-state index contributed by atoms with van der Waals surface area (Å²) in [6, 6.07) is 6.40. The molecule has 122 valence electrons. The van der Waals surface area contributed by atoms with E-state index in [1.807, 2.05) is 0 Å². The van der Waals surface area contributed by atoms with Gasteiger partial charge < -0.3 is 14.2 Å². The van der Waals surface area contributed by atoms with Gasteiger partial charge in [0.15, 0.2) is 11.5 Å². The summed E-state index contributed by atoms with van der Waals surface area (Å²) in [5, 5.41) is 1.77. The molecule has 0 aliphatic carbocycles. The number of hydrazine groups is 1. The molecule has 8 heteroatoms. The standard InChI is InChI=1S/C15H16N2O5S/c1-20-10-7-9(8-11(21-2)13(10)22-3)14(18)16-17-15(19)12-5-4-6-23-12/h4-8H,1-3H3,(H,16,18)(H,17,19). The Morgan fingerprint density at radius 1 is 0.957 bits per heavy atom. The minimum absolute atomic E-state index is 0.256. The summed E-state index contributed by atoms with van der Waals surface area (Å²) in [6.07, 6.45) is 0. The Morgan fingerprint density at radius 3 is 2.04 bits per heavy atom. The van der Waals surface area contributed by atoms with Gasteiger partial charge in [-0.2, -0.15) is 0 Å². The molecule has 7 nitrogen and oxygen atoms in total. The lowest BCUT2D eigenvalue weighted by Gasteiger charge is -2.14. The van der Waals surface area contributed by atoms with Crippen molar-refractivity contribution >= 4 is 23.2 Å². The maximum absolute atomic E-state index is 12.2.